The van der Waals surface area contributed by atoms with Crippen molar-refractivity contribution in [2.45, 2.75) is 20.3 Å². The summed E-state index contributed by atoms with van der Waals surface area (Å²) in [7, 11) is 0. The quantitative estimate of drug-likeness (QED) is 0.634. The zero-order chi connectivity index (χ0) is 7.56. The first kappa shape index (κ1) is 7.35. The Kier molecular flexibility index (Phi) is 2.12. The lowest BCUT2D eigenvalue weighted by molar-refractivity contribution is 0.299. The molecular weight excluding hydrogens is 126 g/mol. The van der Waals surface area contributed by atoms with Gasteiger partial charge in [0.05, 0.1) is 0 Å². The van der Waals surface area contributed by atoms with Crippen LogP contribution in [-0.4, -0.2) is 16.7 Å². The first-order chi connectivity index (χ1) is 4.74. The molecule has 0 fully saturated rings. The van der Waals surface area contributed by atoms with E-state index in [4.69, 9.17) is 5.11 Å². The van der Waals surface area contributed by atoms with Crippen molar-refractivity contribution in [2.24, 2.45) is 0 Å². The maximum atomic E-state index is 8.64. The highest BCUT2D eigenvalue weighted by molar-refractivity contribution is 5.24. The highest BCUT2D eigenvalue weighted by Gasteiger charge is 1.99. The number of nitrogens with one attached hydrogen (secondary N) is 1. The van der Waals surface area contributed by atoms with Gasteiger partial charge in [0.2, 0.25) is 0 Å². The molecule has 0 radical (unpaired) electrons. The number of aromatic amines is 1. The Morgan fingerprint density at radius 1 is 1.50 bits per heavy atom. The van der Waals surface area contributed by atoms with Gasteiger partial charge in [-0.3, -0.25) is 0 Å². The lowest BCUT2D eigenvalue weighted by Crippen LogP contribution is -1.89. The predicted octanol–water partition coefficient (Wildman–Crippen LogP) is 1.17. The molecule has 2 heteroatoms. The van der Waals surface area contributed by atoms with Crippen molar-refractivity contribution in [3.63, 3.8) is 0 Å². The molecule has 1 heterocycles. The van der Waals surface area contributed by atoms with Gasteiger partial charge in [-0.2, -0.15) is 0 Å². The van der Waals surface area contributed by atoms with Crippen molar-refractivity contribution in [2.75, 3.05) is 6.61 Å². The molecule has 0 aliphatic carbocycles. The fraction of sp³-hybridized carbons (Fsp3) is 0.500. The predicted molar refractivity (Wildman–Crippen MR) is 41.1 cm³/mol. The summed E-state index contributed by atoms with van der Waals surface area (Å²) in [6.07, 6.45) is 0.760. The zero-order valence-electron chi connectivity index (χ0n) is 6.44. The van der Waals surface area contributed by atoms with Crippen LogP contribution < -0.4 is 0 Å². The Labute approximate surface area is 60.9 Å². The summed E-state index contributed by atoms with van der Waals surface area (Å²) in [5.41, 5.74) is 3.56. The molecule has 0 spiro atoms. The minimum atomic E-state index is 0.234. The van der Waals surface area contributed by atoms with E-state index in [1.165, 1.54) is 17.0 Å². The molecule has 10 heavy (non-hydrogen) atoms. The van der Waals surface area contributed by atoms with Crippen molar-refractivity contribution in [3.8, 4) is 0 Å². The van der Waals surface area contributed by atoms with E-state index in [0.29, 0.717) is 0 Å². The molecule has 0 aromatic carbocycles. The summed E-state index contributed by atoms with van der Waals surface area (Å²) in [6, 6.07) is 2.07. The second kappa shape index (κ2) is 2.88. The molecule has 1 rings (SSSR count). The monoisotopic (exact) mass is 139 g/mol. The van der Waals surface area contributed by atoms with Gasteiger partial charge in [-0.1, -0.05) is 0 Å². The molecule has 0 unspecified atom stereocenters. The van der Waals surface area contributed by atoms with Gasteiger partial charge >= 0.3 is 0 Å². The fourth-order valence-electron chi connectivity index (χ4n) is 1.16. The standard InChI is InChI=1S/C8H13NO/c1-6-5-8(3-4-10)7(2)9-6/h5,9-10H,3-4H2,1-2H3. The van der Waals surface area contributed by atoms with E-state index >= 15 is 0 Å². The lowest BCUT2D eigenvalue weighted by atomic mass is 10.2. The molecule has 1 aromatic rings. The maximum Gasteiger partial charge on any atom is 0.0472 e. The second-order valence-electron chi connectivity index (χ2n) is 2.58. The molecule has 0 aliphatic heterocycles. The van der Waals surface area contributed by atoms with Crippen LogP contribution in [0.25, 0.3) is 0 Å². The van der Waals surface area contributed by atoms with Gasteiger partial charge < -0.3 is 10.1 Å². The molecule has 0 atom stereocenters. The summed E-state index contributed by atoms with van der Waals surface area (Å²) in [6.45, 7) is 4.28. The van der Waals surface area contributed by atoms with Crippen molar-refractivity contribution >= 4 is 0 Å². The van der Waals surface area contributed by atoms with Crippen LogP contribution in [0.5, 0.6) is 0 Å². The number of hydrogen-bond acceptors (Lipinski definition) is 1. The van der Waals surface area contributed by atoms with Gasteiger partial charge in [-0.25, -0.2) is 0 Å². The Hall–Kier alpha value is -0.760. The van der Waals surface area contributed by atoms with Crippen molar-refractivity contribution < 1.29 is 5.11 Å². The van der Waals surface area contributed by atoms with E-state index in [1.54, 1.807) is 0 Å². The Morgan fingerprint density at radius 2 is 2.20 bits per heavy atom. The lowest BCUT2D eigenvalue weighted by Gasteiger charge is -1.92. The third kappa shape index (κ3) is 1.39. The van der Waals surface area contributed by atoms with E-state index in [-0.39, 0.29) is 6.61 Å². The van der Waals surface area contributed by atoms with Crippen LogP contribution >= 0.6 is 0 Å². The minimum absolute atomic E-state index is 0.234. The fourth-order valence-corrected chi connectivity index (χ4v) is 1.16. The van der Waals surface area contributed by atoms with Crippen LogP contribution in [0, 0.1) is 13.8 Å². The number of aliphatic hydroxyl groups excluding tert-OH is 1. The van der Waals surface area contributed by atoms with Crippen molar-refractivity contribution in [3.05, 3.63) is 23.0 Å². The van der Waals surface area contributed by atoms with Gasteiger partial charge in [0.15, 0.2) is 0 Å². The molecule has 1 aromatic heterocycles. The summed E-state index contributed by atoms with van der Waals surface area (Å²) in [5.74, 6) is 0. The van der Waals surface area contributed by atoms with Crippen LogP contribution in [-0.2, 0) is 6.42 Å². The van der Waals surface area contributed by atoms with Gasteiger partial charge in [-0.05, 0) is 31.9 Å². The summed E-state index contributed by atoms with van der Waals surface area (Å²) >= 11 is 0. The number of rotatable bonds is 2. The van der Waals surface area contributed by atoms with Crippen LogP contribution in [0.1, 0.15) is 17.0 Å². The van der Waals surface area contributed by atoms with Crippen LogP contribution in [0.4, 0.5) is 0 Å². The van der Waals surface area contributed by atoms with Crippen LogP contribution in [0.3, 0.4) is 0 Å². The summed E-state index contributed by atoms with van der Waals surface area (Å²) in [4.78, 5) is 3.18. The average molecular weight is 139 g/mol. The molecule has 2 nitrogen and oxygen atoms in total. The molecule has 2 N–H and O–H groups in total. The smallest absolute Gasteiger partial charge is 0.0472 e. The van der Waals surface area contributed by atoms with Crippen LogP contribution in [0.2, 0.25) is 0 Å². The molecule has 56 valence electrons. The molecule has 0 saturated carbocycles. The normalized spacial score (nSPS) is 10.3. The topological polar surface area (TPSA) is 36.0 Å². The number of aryl methyl sites for hydroxylation is 2. The third-order valence-corrected chi connectivity index (χ3v) is 1.64. The van der Waals surface area contributed by atoms with Gasteiger partial charge in [0, 0.05) is 18.0 Å². The third-order valence-electron chi connectivity index (χ3n) is 1.64. The molecular formula is C8H13NO. The maximum absolute atomic E-state index is 8.64. The van der Waals surface area contributed by atoms with Gasteiger partial charge in [0.1, 0.15) is 0 Å². The first-order valence-electron chi connectivity index (χ1n) is 3.50. The molecule has 0 aliphatic rings. The zero-order valence-corrected chi connectivity index (χ0v) is 6.44. The highest BCUT2D eigenvalue weighted by atomic mass is 16.2. The number of hydrogen-bond donors (Lipinski definition) is 2. The minimum Gasteiger partial charge on any atom is -0.396 e. The SMILES string of the molecule is Cc1cc(CCO)c(C)[nH]1. The van der Waals surface area contributed by atoms with E-state index in [2.05, 4.69) is 11.1 Å². The average Bonchev–Trinajstić information content (AvgIpc) is 2.13. The van der Waals surface area contributed by atoms with Gasteiger partial charge in [-0.15, -0.1) is 0 Å². The molecule has 0 bridgehead atoms. The van der Waals surface area contributed by atoms with Crippen LogP contribution in [0.15, 0.2) is 6.07 Å². The largest absolute Gasteiger partial charge is 0.396 e. The Bertz CT molecular complexity index is 215. The molecule has 0 amide bonds. The summed E-state index contributed by atoms with van der Waals surface area (Å²) in [5, 5.41) is 8.64. The van der Waals surface area contributed by atoms with E-state index in [1.807, 2.05) is 13.8 Å². The summed E-state index contributed by atoms with van der Waals surface area (Å²) < 4.78 is 0. The first-order valence-corrected chi connectivity index (χ1v) is 3.50. The van der Waals surface area contributed by atoms with Gasteiger partial charge in [0.25, 0.3) is 0 Å². The number of H-pyrrole nitrogens is 1. The Balaban J connectivity index is 2.81. The number of aromatic nitrogens is 1. The highest BCUT2D eigenvalue weighted by Crippen LogP contribution is 2.08. The van der Waals surface area contributed by atoms with Crippen molar-refractivity contribution in [1.82, 2.24) is 4.98 Å². The van der Waals surface area contributed by atoms with Crippen molar-refractivity contribution in [1.29, 1.82) is 0 Å². The van der Waals surface area contributed by atoms with E-state index < -0.39 is 0 Å². The van der Waals surface area contributed by atoms with E-state index in [0.717, 1.165) is 6.42 Å². The number of aliphatic hydroxyl groups is 1. The van der Waals surface area contributed by atoms with E-state index in [9.17, 15) is 0 Å². The molecule has 0 saturated heterocycles. The second-order valence-corrected chi connectivity index (χ2v) is 2.58. The Morgan fingerprint density at radius 3 is 2.60 bits per heavy atom.